The smallest absolute Gasteiger partial charge is 0.282 e. The van der Waals surface area contributed by atoms with Crippen molar-refractivity contribution in [2.24, 2.45) is 5.10 Å². The third kappa shape index (κ3) is 5.00. The molecule has 3 aromatic carbocycles. The first-order valence-corrected chi connectivity index (χ1v) is 13.6. The number of rotatable bonds is 6. The quantitative estimate of drug-likeness (QED) is 0.271. The topological polar surface area (TPSA) is 81.3 Å². The van der Waals surface area contributed by atoms with Gasteiger partial charge in [-0.3, -0.25) is 9.59 Å². The van der Waals surface area contributed by atoms with E-state index in [2.05, 4.69) is 5.32 Å². The number of hydrogen-bond acceptors (Lipinski definition) is 4. The highest BCUT2D eigenvalue weighted by Crippen LogP contribution is 2.32. The third-order valence-corrected chi connectivity index (χ3v) is 7.61. The molecule has 7 nitrogen and oxygen atoms in total. The minimum Gasteiger partial charge on any atom is -0.337 e. The molecular formula is C32H31N5O2. The van der Waals surface area contributed by atoms with Crippen LogP contribution < -0.4 is 10.9 Å². The van der Waals surface area contributed by atoms with Crippen molar-refractivity contribution < 1.29 is 4.79 Å². The molecule has 7 heteroatoms. The number of nitrogens with one attached hydrogen (secondary N) is 1. The number of carbonyl (C=O) groups is 1. The standard InChI is InChI=1S/C32H31N5O2/c1-22-11-5-8-16-27(22)34-30(38)21-36-20-24(25-14-7-10-18-29(25)36)19-33-37-31(23-12-3-2-4-13-23)35-28-17-9-6-15-26(28)32(37)39/h5-11,14-20,23H,2-4,12-13,21H2,1H3,(H,34,38). The van der Waals surface area contributed by atoms with Gasteiger partial charge in [0, 0.05) is 34.3 Å². The predicted octanol–water partition coefficient (Wildman–Crippen LogP) is 6.23. The summed E-state index contributed by atoms with van der Waals surface area (Å²) in [6.45, 7) is 2.13. The van der Waals surface area contributed by atoms with Crippen molar-refractivity contribution in [3.63, 3.8) is 0 Å². The monoisotopic (exact) mass is 517 g/mol. The molecule has 39 heavy (non-hydrogen) atoms. The largest absolute Gasteiger partial charge is 0.337 e. The van der Waals surface area contributed by atoms with E-state index in [0.717, 1.165) is 59.2 Å². The molecule has 2 aromatic heterocycles. The second-order valence-electron chi connectivity index (χ2n) is 10.3. The van der Waals surface area contributed by atoms with E-state index in [-0.39, 0.29) is 23.9 Å². The molecule has 1 aliphatic carbocycles. The van der Waals surface area contributed by atoms with Crippen LogP contribution in [0.4, 0.5) is 5.69 Å². The molecule has 0 aliphatic heterocycles. The predicted molar refractivity (Wildman–Crippen MR) is 157 cm³/mol. The number of aromatic nitrogens is 3. The Labute approximate surface area is 226 Å². The average Bonchev–Trinajstić information content (AvgIpc) is 3.31. The highest BCUT2D eigenvalue weighted by molar-refractivity contribution is 6.00. The van der Waals surface area contributed by atoms with Crippen LogP contribution in [0.1, 0.15) is 55.0 Å². The van der Waals surface area contributed by atoms with Gasteiger partial charge in [0.15, 0.2) is 0 Å². The van der Waals surface area contributed by atoms with Crippen molar-refractivity contribution in [2.75, 3.05) is 5.32 Å². The summed E-state index contributed by atoms with van der Waals surface area (Å²) in [6.07, 6.45) is 9.15. The Bertz CT molecular complexity index is 1760. The van der Waals surface area contributed by atoms with Gasteiger partial charge in [-0.25, -0.2) is 4.98 Å². The highest BCUT2D eigenvalue weighted by Gasteiger charge is 2.22. The number of anilines is 1. The molecule has 0 unspecified atom stereocenters. The zero-order valence-electron chi connectivity index (χ0n) is 22.0. The molecule has 196 valence electrons. The number of hydrogen-bond donors (Lipinski definition) is 1. The summed E-state index contributed by atoms with van der Waals surface area (Å²) < 4.78 is 3.42. The molecule has 1 fully saturated rings. The van der Waals surface area contributed by atoms with Gasteiger partial charge >= 0.3 is 0 Å². The number of amides is 1. The molecular weight excluding hydrogens is 486 g/mol. The van der Waals surface area contributed by atoms with Gasteiger partial charge in [0.25, 0.3) is 5.56 Å². The Morgan fingerprint density at radius 3 is 2.51 bits per heavy atom. The van der Waals surface area contributed by atoms with E-state index in [1.807, 2.05) is 84.4 Å². The molecule has 0 spiro atoms. The first-order chi connectivity index (χ1) is 19.1. The van der Waals surface area contributed by atoms with Crippen LogP contribution in [0.2, 0.25) is 0 Å². The van der Waals surface area contributed by atoms with E-state index in [4.69, 9.17) is 10.1 Å². The SMILES string of the molecule is Cc1ccccc1NC(=O)Cn1cc(C=Nn2c(C3CCCCC3)nc3ccccc3c2=O)c2ccccc21. The van der Waals surface area contributed by atoms with Gasteiger partial charge in [0.2, 0.25) is 5.91 Å². The minimum absolute atomic E-state index is 0.108. The first kappa shape index (κ1) is 24.8. The number of fused-ring (bicyclic) bond motifs is 2. The van der Waals surface area contributed by atoms with Gasteiger partial charge < -0.3 is 9.88 Å². The van der Waals surface area contributed by atoms with Gasteiger partial charge in [0.1, 0.15) is 12.4 Å². The molecule has 1 N–H and O–H groups in total. The summed E-state index contributed by atoms with van der Waals surface area (Å²) >= 11 is 0. The van der Waals surface area contributed by atoms with Gasteiger partial charge in [-0.15, -0.1) is 0 Å². The van der Waals surface area contributed by atoms with Crippen LogP contribution in [0.5, 0.6) is 0 Å². The molecule has 5 aromatic rings. The van der Waals surface area contributed by atoms with Crippen LogP contribution in [-0.2, 0) is 11.3 Å². The summed E-state index contributed by atoms with van der Waals surface area (Å²) in [5, 5.41) is 9.26. The second-order valence-corrected chi connectivity index (χ2v) is 10.3. The van der Waals surface area contributed by atoms with Crippen molar-refractivity contribution in [3.8, 4) is 0 Å². The maximum atomic E-state index is 13.6. The average molecular weight is 518 g/mol. The second kappa shape index (κ2) is 10.7. The molecule has 0 bridgehead atoms. The fourth-order valence-electron chi connectivity index (χ4n) is 5.56. The summed E-state index contributed by atoms with van der Waals surface area (Å²) in [5.74, 6) is 0.832. The lowest BCUT2D eigenvalue weighted by molar-refractivity contribution is -0.116. The van der Waals surface area contributed by atoms with E-state index in [1.54, 1.807) is 12.3 Å². The van der Waals surface area contributed by atoms with Crippen LogP contribution in [0.25, 0.3) is 21.8 Å². The Balaban J connectivity index is 1.37. The molecule has 6 rings (SSSR count). The number of benzene rings is 3. The summed E-state index contributed by atoms with van der Waals surface area (Å²) in [4.78, 5) is 31.4. The van der Waals surface area contributed by atoms with E-state index in [1.165, 1.54) is 11.1 Å². The van der Waals surface area contributed by atoms with Crippen LogP contribution >= 0.6 is 0 Å². The maximum absolute atomic E-state index is 13.6. The lowest BCUT2D eigenvalue weighted by atomic mass is 9.88. The Morgan fingerprint density at radius 1 is 0.974 bits per heavy atom. The Kier molecular flexibility index (Phi) is 6.80. The van der Waals surface area contributed by atoms with Gasteiger partial charge in [-0.2, -0.15) is 9.78 Å². The van der Waals surface area contributed by atoms with E-state index in [0.29, 0.717) is 10.9 Å². The zero-order chi connectivity index (χ0) is 26.8. The summed E-state index contributed by atoms with van der Waals surface area (Å²) in [5.41, 5.74) is 4.14. The Hall–Kier alpha value is -4.52. The van der Waals surface area contributed by atoms with Gasteiger partial charge in [-0.05, 0) is 49.6 Å². The highest BCUT2D eigenvalue weighted by atomic mass is 16.2. The lowest BCUT2D eigenvalue weighted by Crippen LogP contribution is -2.25. The first-order valence-electron chi connectivity index (χ1n) is 13.6. The van der Waals surface area contributed by atoms with Crippen LogP contribution in [-0.4, -0.2) is 26.3 Å². The van der Waals surface area contributed by atoms with Crippen molar-refractivity contribution in [1.82, 2.24) is 14.2 Å². The molecule has 0 atom stereocenters. The number of aryl methyl sites for hydroxylation is 1. The third-order valence-electron chi connectivity index (χ3n) is 7.61. The number of para-hydroxylation sites is 3. The fraction of sp³-hybridized carbons (Fsp3) is 0.250. The molecule has 0 radical (unpaired) electrons. The molecule has 1 aliphatic rings. The number of carbonyl (C=O) groups excluding carboxylic acids is 1. The summed E-state index contributed by atoms with van der Waals surface area (Å²) in [6, 6.07) is 23.1. The minimum atomic E-state index is -0.154. The molecule has 2 heterocycles. The van der Waals surface area contributed by atoms with Crippen LogP contribution in [0.15, 0.2) is 88.9 Å². The van der Waals surface area contributed by atoms with E-state index >= 15 is 0 Å². The molecule has 0 saturated heterocycles. The number of nitrogens with zero attached hydrogens (tertiary/aromatic N) is 4. The van der Waals surface area contributed by atoms with Crippen molar-refractivity contribution in [3.05, 3.63) is 106 Å². The normalized spacial score (nSPS) is 14.4. The van der Waals surface area contributed by atoms with E-state index < -0.39 is 0 Å². The lowest BCUT2D eigenvalue weighted by Gasteiger charge is -2.22. The van der Waals surface area contributed by atoms with Gasteiger partial charge in [0.05, 0.1) is 17.1 Å². The zero-order valence-corrected chi connectivity index (χ0v) is 22.0. The van der Waals surface area contributed by atoms with Crippen molar-refractivity contribution >= 4 is 39.6 Å². The van der Waals surface area contributed by atoms with Crippen molar-refractivity contribution in [2.45, 2.75) is 51.5 Å². The fourth-order valence-corrected chi connectivity index (χ4v) is 5.56. The van der Waals surface area contributed by atoms with Crippen molar-refractivity contribution in [1.29, 1.82) is 0 Å². The Morgan fingerprint density at radius 2 is 1.69 bits per heavy atom. The maximum Gasteiger partial charge on any atom is 0.282 e. The molecule has 1 amide bonds. The van der Waals surface area contributed by atoms with E-state index in [9.17, 15) is 9.59 Å². The molecule has 1 saturated carbocycles. The van der Waals surface area contributed by atoms with Crippen LogP contribution in [0.3, 0.4) is 0 Å². The van der Waals surface area contributed by atoms with Gasteiger partial charge in [-0.1, -0.05) is 67.8 Å². The van der Waals surface area contributed by atoms with Crippen LogP contribution in [0, 0.1) is 6.92 Å². The summed E-state index contributed by atoms with van der Waals surface area (Å²) in [7, 11) is 0.